The third-order valence-corrected chi connectivity index (χ3v) is 5.53. The summed E-state index contributed by atoms with van der Waals surface area (Å²) >= 11 is 0. The first-order chi connectivity index (χ1) is 15.7. The fourth-order valence-electron chi connectivity index (χ4n) is 2.90. The average Bonchev–Trinajstić information content (AvgIpc) is 3.17. The number of amides is 1. The molecule has 1 atom stereocenters. The number of sulfone groups is 1. The van der Waals surface area contributed by atoms with Gasteiger partial charge in [0.25, 0.3) is 5.91 Å². The minimum absolute atomic E-state index is 0.0623. The molecule has 3 aromatic rings. The van der Waals surface area contributed by atoms with Crippen LogP contribution in [0.25, 0.3) is 0 Å². The van der Waals surface area contributed by atoms with E-state index in [1.807, 2.05) is 6.92 Å². The predicted octanol–water partition coefficient (Wildman–Crippen LogP) is 3.07. The van der Waals surface area contributed by atoms with Gasteiger partial charge in [-0.1, -0.05) is 6.92 Å². The molecule has 10 nitrogen and oxygen atoms in total. The molecule has 0 fully saturated rings. The van der Waals surface area contributed by atoms with Crippen molar-refractivity contribution >= 4 is 21.6 Å². The highest BCUT2D eigenvalue weighted by molar-refractivity contribution is 7.90. The zero-order valence-electron chi connectivity index (χ0n) is 18.8. The quantitative estimate of drug-likeness (QED) is 0.476. The molecule has 11 heteroatoms. The van der Waals surface area contributed by atoms with Gasteiger partial charge >= 0.3 is 0 Å². The maximum absolute atomic E-state index is 12.8. The second kappa shape index (κ2) is 10.5. The number of carbonyl (C=O) groups is 1. The summed E-state index contributed by atoms with van der Waals surface area (Å²) in [6.07, 6.45) is 4.58. The summed E-state index contributed by atoms with van der Waals surface area (Å²) in [6.45, 7) is 2.35. The Morgan fingerprint density at radius 1 is 1.15 bits per heavy atom. The van der Waals surface area contributed by atoms with Crippen LogP contribution >= 0.6 is 0 Å². The van der Waals surface area contributed by atoms with E-state index in [1.165, 1.54) is 18.3 Å². The van der Waals surface area contributed by atoms with Gasteiger partial charge in [-0.05, 0) is 30.7 Å². The molecule has 1 aromatic carbocycles. The van der Waals surface area contributed by atoms with Gasteiger partial charge in [-0.2, -0.15) is 5.10 Å². The zero-order valence-corrected chi connectivity index (χ0v) is 19.6. The third kappa shape index (κ3) is 6.77. The summed E-state index contributed by atoms with van der Waals surface area (Å²) in [4.78, 5) is 16.8. The Bertz CT molecular complexity index is 1210. The van der Waals surface area contributed by atoms with Crippen LogP contribution in [0.1, 0.15) is 23.7 Å². The van der Waals surface area contributed by atoms with Crippen molar-refractivity contribution < 1.29 is 27.4 Å². The lowest BCUT2D eigenvalue weighted by molar-refractivity contribution is 0.0785. The van der Waals surface area contributed by atoms with Crippen molar-refractivity contribution in [2.24, 2.45) is 7.05 Å². The van der Waals surface area contributed by atoms with Gasteiger partial charge in [-0.3, -0.25) is 9.48 Å². The van der Waals surface area contributed by atoms with Crippen LogP contribution in [-0.4, -0.2) is 55.2 Å². The summed E-state index contributed by atoms with van der Waals surface area (Å²) in [5.41, 5.74) is 0.293. The summed E-state index contributed by atoms with van der Waals surface area (Å²) in [5, 5.41) is 6.82. The molecule has 0 saturated carbocycles. The summed E-state index contributed by atoms with van der Waals surface area (Å²) in [7, 11) is -0.0886. The highest BCUT2D eigenvalue weighted by atomic mass is 32.2. The van der Waals surface area contributed by atoms with Gasteiger partial charge in [0, 0.05) is 44.3 Å². The number of pyridine rings is 1. The highest BCUT2D eigenvalue weighted by Gasteiger charge is 2.16. The Balaban J connectivity index is 1.89. The summed E-state index contributed by atoms with van der Waals surface area (Å²) < 4.78 is 41.8. The van der Waals surface area contributed by atoms with Crippen molar-refractivity contribution in [2.45, 2.75) is 24.5 Å². The van der Waals surface area contributed by atoms with E-state index in [4.69, 9.17) is 14.2 Å². The number of ether oxygens (including phenoxy) is 3. The lowest BCUT2D eigenvalue weighted by Gasteiger charge is -2.18. The Labute approximate surface area is 192 Å². The molecule has 0 aliphatic carbocycles. The Morgan fingerprint density at radius 3 is 2.48 bits per heavy atom. The van der Waals surface area contributed by atoms with Crippen LogP contribution in [-0.2, 0) is 21.6 Å². The monoisotopic (exact) mass is 474 g/mol. The first-order valence-corrected chi connectivity index (χ1v) is 12.0. The van der Waals surface area contributed by atoms with Gasteiger partial charge in [0.05, 0.1) is 12.8 Å². The van der Waals surface area contributed by atoms with Gasteiger partial charge in [0.15, 0.2) is 20.7 Å². The van der Waals surface area contributed by atoms with Crippen LogP contribution in [0.2, 0.25) is 0 Å². The number of nitrogens with one attached hydrogen (secondary N) is 1. The smallest absolute Gasteiger partial charge is 0.257 e. The molecule has 33 heavy (non-hydrogen) atoms. The lowest BCUT2D eigenvalue weighted by Crippen LogP contribution is -2.21. The van der Waals surface area contributed by atoms with Crippen LogP contribution in [0, 0.1) is 0 Å². The standard InChI is InChI=1S/C22H26N4O6S/c1-5-16(14-30-3)31-18-10-15(22(27)24-20-8-9-26(2)25-20)11-19(12-18)32-17-6-7-21(23-13-17)33(4,28)29/h6-13,16H,5,14H2,1-4H3,(H,24,25,27)/t16-/m0/s1. The molecule has 0 spiro atoms. The first-order valence-electron chi connectivity index (χ1n) is 10.1. The molecule has 1 amide bonds. The minimum atomic E-state index is -3.43. The normalized spacial score (nSPS) is 12.2. The van der Waals surface area contributed by atoms with E-state index in [0.717, 1.165) is 6.26 Å². The molecule has 1 N–H and O–H groups in total. The number of nitrogens with zero attached hydrogens (tertiary/aromatic N) is 3. The van der Waals surface area contributed by atoms with Crippen LogP contribution < -0.4 is 14.8 Å². The van der Waals surface area contributed by atoms with Gasteiger partial charge < -0.3 is 19.5 Å². The Kier molecular flexibility index (Phi) is 7.67. The molecule has 0 aliphatic rings. The first kappa shape index (κ1) is 24.2. The second-order valence-electron chi connectivity index (χ2n) is 7.33. The SMILES string of the molecule is CC[C@@H](COC)Oc1cc(Oc2ccc(S(C)(=O)=O)nc2)cc(C(=O)Nc2ccn(C)n2)c1. The van der Waals surface area contributed by atoms with E-state index >= 15 is 0 Å². The van der Waals surface area contributed by atoms with E-state index in [1.54, 1.807) is 49.3 Å². The van der Waals surface area contributed by atoms with Crippen molar-refractivity contribution in [1.82, 2.24) is 14.8 Å². The van der Waals surface area contributed by atoms with Crippen LogP contribution in [0.4, 0.5) is 5.82 Å². The fourth-order valence-corrected chi connectivity index (χ4v) is 3.46. The number of aryl methyl sites for hydroxylation is 1. The maximum Gasteiger partial charge on any atom is 0.257 e. The fraction of sp³-hybridized carbons (Fsp3) is 0.318. The number of hydrogen-bond donors (Lipinski definition) is 1. The molecule has 0 radical (unpaired) electrons. The van der Waals surface area contributed by atoms with Gasteiger partial charge in [-0.25, -0.2) is 13.4 Å². The summed E-state index contributed by atoms with van der Waals surface area (Å²) in [6, 6.07) is 9.31. The number of methoxy groups -OCH3 is 1. The molecule has 2 aromatic heterocycles. The maximum atomic E-state index is 12.8. The van der Waals surface area contributed by atoms with Crippen molar-refractivity contribution in [2.75, 3.05) is 25.3 Å². The third-order valence-electron chi connectivity index (χ3n) is 4.53. The molecule has 0 saturated heterocycles. The van der Waals surface area contributed by atoms with Gasteiger partial charge in [0.1, 0.15) is 23.4 Å². The Hall–Kier alpha value is -3.44. The number of carbonyl (C=O) groups excluding carboxylic acids is 1. The van der Waals surface area contributed by atoms with Crippen LogP contribution in [0.5, 0.6) is 17.2 Å². The molecule has 3 rings (SSSR count). The Morgan fingerprint density at radius 2 is 1.91 bits per heavy atom. The minimum Gasteiger partial charge on any atom is -0.488 e. The largest absolute Gasteiger partial charge is 0.488 e. The van der Waals surface area contributed by atoms with Gasteiger partial charge in [-0.15, -0.1) is 0 Å². The second-order valence-corrected chi connectivity index (χ2v) is 9.29. The number of hydrogen-bond acceptors (Lipinski definition) is 8. The molecular weight excluding hydrogens is 448 g/mol. The van der Waals surface area contributed by atoms with Crippen molar-refractivity contribution in [3.8, 4) is 17.2 Å². The molecule has 0 unspecified atom stereocenters. The van der Waals surface area contributed by atoms with E-state index in [0.29, 0.717) is 41.7 Å². The van der Waals surface area contributed by atoms with Crippen LogP contribution in [0.3, 0.4) is 0 Å². The molecule has 0 aliphatic heterocycles. The van der Waals surface area contributed by atoms with Crippen molar-refractivity contribution in [1.29, 1.82) is 0 Å². The molecule has 0 bridgehead atoms. The topological polar surface area (TPSA) is 122 Å². The van der Waals surface area contributed by atoms with E-state index < -0.39 is 15.7 Å². The van der Waals surface area contributed by atoms with Crippen molar-refractivity contribution in [3.63, 3.8) is 0 Å². The zero-order chi connectivity index (χ0) is 24.0. The van der Waals surface area contributed by atoms with E-state index in [9.17, 15) is 13.2 Å². The number of aromatic nitrogens is 3. The number of benzene rings is 1. The lowest BCUT2D eigenvalue weighted by atomic mass is 10.1. The predicted molar refractivity (Wildman–Crippen MR) is 122 cm³/mol. The number of rotatable bonds is 10. The summed E-state index contributed by atoms with van der Waals surface area (Å²) in [5.74, 6) is 1.06. The van der Waals surface area contributed by atoms with Crippen molar-refractivity contribution in [3.05, 3.63) is 54.4 Å². The van der Waals surface area contributed by atoms with E-state index in [-0.39, 0.29) is 11.1 Å². The molecular formula is C22H26N4O6S. The number of anilines is 1. The van der Waals surface area contributed by atoms with Gasteiger partial charge in [0.2, 0.25) is 0 Å². The van der Waals surface area contributed by atoms with Crippen LogP contribution in [0.15, 0.2) is 53.8 Å². The average molecular weight is 475 g/mol. The molecule has 176 valence electrons. The molecule has 2 heterocycles. The van der Waals surface area contributed by atoms with E-state index in [2.05, 4.69) is 15.4 Å². The highest BCUT2D eigenvalue weighted by Crippen LogP contribution is 2.29.